The summed E-state index contributed by atoms with van der Waals surface area (Å²) in [5, 5.41) is 21.0. The molecular weight excluding hydrogens is 510 g/mol. The van der Waals surface area contributed by atoms with Gasteiger partial charge in [0.25, 0.3) is 0 Å². The summed E-state index contributed by atoms with van der Waals surface area (Å²) in [6, 6.07) is 2.79. The van der Waals surface area contributed by atoms with Crippen molar-refractivity contribution in [2.45, 2.75) is 78.6 Å². The van der Waals surface area contributed by atoms with Crippen LogP contribution in [0.1, 0.15) is 59.4 Å². The van der Waals surface area contributed by atoms with Gasteiger partial charge in [-0.25, -0.2) is 4.79 Å². The number of carbonyl (C=O) groups is 4. The Kier molecular flexibility index (Phi) is 8.38. The van der Waals surface area contributed by atoms with Crippen molar-refractivity contribution in [1.82, 2.24) is 31.2 Å². The maximum atomic E-state index is 14.0. The number of urea groups is 1. The fourth-order valence-electron chi connectivity index (χ4n) is 6.24. The largest absolute Gasteiger partial charge is 0.356 e. The first-order chi connectivity index (χ1) is 18.8. The number of hydrogen-bond acceptors (Lipinski definition) is 6. The smallest absolute Gasteiger partial charge is 0.315 e. The third-order valence-corrected chi connectivity index (χ3v) is 8.72. The van der Waals surface area contributed by atoms with Crippen molar-refractivity contribution in [2.24, 2.45) is 28.6 Å². The standard InChI is InChI=1S/C29H41N7O4/c1-28(2,3)23(35-27(40)33-15-17-8-6-10-31-14-17)26(39)36-16-20-21(29(20,4)5)22(36)25(38)34-19(13-30)12-18-9-7-11-32-24(18)37/h6,8,10,14,18-23H,7,9,11-12,15-16H2,1-5H3,(H,32,37)(H,34,38)(H2,33,35,40)/t18-,19-,20-,21-,22-,23+/m0/s1. The molecule has 216 valence electrons. The van der Waals surface area contributed by atoms with Crippen molar-refractivity contribution in [3.8, 4) is 6.07 Å². The number of nitrogens with one attached hydrogen (secondary N) is 4. The van der Waals surface area contributed by atoms with E-state index < -0.39 is 29.6 Å². The number of fused-ring (bicyclic) bond motifs is 1. The number of rotatable bonds is 8. The van der Waals surface area contributed by atoms with Crippen molar-refractivity contribution in [2.75, 3.05) is 13.1 Å². The molecule has 3 heterocycles. The molecular formula is C29H41N7O4. The van der Waals surface area contributed by atoms with Crippen LogP contribution in [0, 0.1) is 39.9 Å². The number of likely N-dealkylation sites (tertiary alicyclic amines) is 1. The van der Waals surface area contributed by atoms with Gasteiger partial charge in [0.15, 0.2) is 0 Å². The van der Waals surface area contributed by atoms with E-state index in [9.17, 15) is 24.4 Å². The van der Waals surface area contributed by atoms with Crippen molar-refractivity contribution in [1.29, 1.82) is 5.26 Å². The second kappa shape index (κ2) is 11.4. The number of nitriles is 1. The maximum absolute atomic E-state index is 14.0. The van der Waals surface area contributed by atoms with Gasteiger partial charge in [-0.15, -0.1) is 0 Å². The molecule has 11 nitrogen and oxygen atoms in total. The zero-order valence-electron chi connectivity index (χ0n) is 24.0. The molecule has 40 heavy (non-hydrogen) atoms. The Hall–Kier alpha value is -3.68. The van der Waals surface area contributed by atoms with E-state index in [1.54, 1.807) is 23.4 Å². The summed E-state index contributed by atoms with van der Waals surface area (Å²) in [4.78, 5) is 58.3. The SMILES string of the molecule is CC(C)(C)[C@H](NC(=O)NCc1cccnc1)C(=O)N1C[C@H]2[C@@H]([C@H]1C(=O)N[C@H](C#N)C[C@@H]1CCCNC1=O)C2(C)C. The normalized spacial score (nSPS) is 26.4. The van der Waals surface area contributed by atoms with E-state index in [2.05, 4.69) is 46.2 Å². The molecule has 6 atom stereocenters. The summed E-state index contributed by atoms with van der Waals surface area (Å²) < 4.78 is 0. The zero-order chi connectivity index (χ0) is 29.2. The van der Waals surface area contributed by atoms with E-state index in [1.807, 2.05) is 26.8 Å². The van der Waals surface area contributed by atoms with Crippen molar-refractivity contribution in [3.05, 3.63) is 30.1 Å². The molecule has 3 aliphatic rings. The van der Waals surface area contributed by atoms with Gasteiger partial charge in [0.1, 0.15) is 18.1 Å². The van der Waals surface area contributed by atoms with Gasteiger partial charge < -0.3 is 26.2 Å². The lowest BCUT2D eigenvalue weighted by atomic mass is 9.85. The molecule has 1 aliphatic carbocycles. The van der Waals surface area contributed by atoms with Gasteiger partial charge in [0.05, 0.1) is 6.07 Å². The summed E-state index contributed by atoms with van der Waals surface area (Å²) in [5.74, 6) is -1.03. The van der Waals surface area contributed by atoms with Crippen LogP contribution in [-0.4, -0.2) is 64.9 Å². The molecule has 3 fully saturated rings. The van der Waals surface area contributed by atoms with Crippen LogP contribution in [0.3, 0.4) is 0 Å². The third-order valence-electron chi connectivity index (χ3n) is 8.72. The summed E-state index contributed by atoms with van der Waals surface area (Å²) >= 11 is 0. The molecule has 2 aliphatic heterocycles. The van der Waals surface area contributed by atoms with Gasteiger partial charge in [-0.05, 0) is 53.6 Å². The highest BCUT2D eigenvalue weighted by atomic mass is 16.2. The lowest BCUT2D eigenvalue weighted by Crippen LogP contribution is -2.60. The Bertz CT molecular complexity index is 1170. The van der Waals surface area contributed by atoms with Crippen LogP contribution in [0.5, 0.6) is 0 Å². The van der Waals surface area contributed by atoms with Crippen LogP contribution >= 0.6 is 0 Å². The summed E-state index contributed by atoms with van der Waals surface area (Å²) in [5.41, 5.74) is 0.0820. The summed E-state index contributed by atoms with van der Waals surface area (Å²) in [7, 11) is 0. The molecule has 0 radical (unpaired) electrons. The Labute approximate surface area is 235 Å². The van der Waals surface area contributed by atoms with Gasteiger partial charge in [-0.2, -0.15) is 5.26 Å². The number of piperidine rings is 2. The van der Waals surface area contributed by atoms with Gasteiger partial charge in [0.2, 0.25) is 17.7 Å². The first-order valence-electron chi connectivity index (χ1n) is 14.1. The topological polar surface area (TPSA) is 156 Å². The van der Waals surface area contributed by atoms with Crippen LogP contribution in [0.15, 0.2) is 24.5 Å². The minimum Gasteiger partial charge on any atom is -0.356 e. The second-order valence-corrected chi connectivity index (χ2v) is 12.9. The fourth-order valence-corrected chi connectivity index (χ4v) is 6.24. The van der Waals surface area contributed by atoms with Crippen LogP contribution in [-0.2, 0) is 20.9 Å². The molecule has 11 heteroatoms. The highest BCUT2D eigenvalue weighted by Crippen LogP contribution is 2.65. The Morgan fingerprint density at radius 1 is 1.27 bits per heavy atom. The van der Waals surface area contributed by atoms with Crippen LogP contribution in [0.2, 0.25) is 0 Å². The van der Waals surface area contributed by atoms with E-state index in [0.717, 1.165) is 12.0 Å². The average Bonchev–Trinajstić information content (AvgIpc) is 3.23. The fraction of sp³-hybridized carbons (Fsp3) is 0.655. The van der Waals surface area contributed by atoms with Crippen molar-refractivity contribution < 1.29 is 19.2 Å². The number of pyridine rings is 1. The Morgan fingerprint density at radius 2 is 2.02 bits per heavy atom. The van der Waals surface area contributed by atoms with Gasteiger partial charge in [-0.3, -0.25) is 19.4 Å². The monoisotopic (exact) mass is 551 g/mol. The van der Waals surface area contributed by atoms with E-state index in [-0.39, 0.29) is 53.9 Å². The highest BCUT2D eigenvalue weighted by Gasteiger charge is 2.69. The predicted molar refractivity (Wildman–Crippen MR) is 147 cm³/mol. The second-order valence-electron chi connectivity index (χ2n) is 12.9. The van der Waals surface area contributed by atoms with E-state index in [1.165, 1.54) is 0 Å². The lowest BCUT2D eigenvalue weighted by molar-refractivity contribution is -0.143. The minimum absolute atomic E-state index is 0.0474. The number of aromatic nitrogens is 1. The predicted octanol–water partition coefficient (Wildman–Crippen LogP) is 1.70. The number of carbonyl (C=O) groups excluding carboxylic acids is 4. The molecule has 2 saturated heterocycles. The summed E-state index contributed by atoms with van der Waals surface area (Å²) in [6.45, 7) is 11.1. The Morgan fingerprint density at radius 3 is 2.65 bits per heavy atom. The van der Waals surface area contributed by atoms with Crippen LogP contribution in [0.25, 0.3) is 0 Å². The van der Waals surface area contributed by atoms with E-state index >= 15 is 0 Å². The van der Waals surface area contributed by atoms with Gasteiger partial charge in [-0.1, -0.05) is 40.7 Å². The summed E-state index contributed by atoms with van der Waals surface area (Å²) in [6.07, 6.45) is 5.05. The first-order valence-corrected chi connectivity index (χ1v) is 14.1. The van der Waals surface area contributed by atoms with Gasteiger partial charge in [0, 0.05) is 37.9 Å². The molecule has 4 rings (SSSR count). The minimum atomic E-state index is -0.880. The molecule has 0 aromatic carbocycles. The molecule has 0 bridgehead atoms. The Balaban J connectivity index is 1.46. The van der Waals surface area contributed by atoms with E-state index in [0.29, 0.717) is 19.5 Å². The first kappa shape index (κ1) is 29.3. The molecule has 1 aromatic heterocycles. The molecule has 0 spiro atoms. The zero-order valence-corrected chi connectivity index (χ0v) is 24.0. The lowest BCUT2D eigenvalue weighted by Gasteiger charge is -2.37. The third kappa shape index (κ3) is 6.21. The molecule has 5 amide bonds. The molecule has 1 aromatic rings. The number of nitrogens with zero attached hydrogens (tertiary/aromatic N) is 3. The maximum Gasteiger partial charge on any atom is 0.315 e. The van der Waals surface area contributed by atoms with Crippen LogP contribution < -0.4 is 21.3 Å². The van der Waals surface area contributed by atoms with Gasteiger partial charge >= 0.3 is 6.03 Å². The quantitative estimate of drug-likeness (QED) is 0.385. The molecule has 4 N–H and O–H groups in total. The average molecular weight is 552 g/mol. The highest BCUT2D eigenvalue weighted by molar-refractivity contribution is 5.94. The van der Waals surface area contributed by atoms with Crippen molar-refractivity contribution in [3.63, 3.8) is 0 Å². The van der Waals surface area contributed by atoms with E-state index in [4.69, 9.17) is 0 Å². The number of amides is 5. The van der Waals surface area contributed by atoms with Crippen LogP contribution in [0.4, 0.5) is 4.79 Å². The number of hydrogen-bond donors (Lipinski definition) is 4. The molecule has 1 saturated carbocycles. The molecule has 0 unspecified atom stereocenters. The van der Waals surface area contributed by atoms with Crippen molar-refractivity contribution >= 4 is 23.8 Å².